The SMILES string of the molecule is CCCCCCC/C=C\CCOCC=C=CCCC(=O)O. The average molecular weight is 294 g/mol. The first-order chi connectivity index (χ1) is 10.3. The summed E-state index contributed by atoms with van der Waals surface area (Å²) in [6.07, 6.45) is 17.4. The van der Waals surface area contributed by atoms with Gasteiger partial charge in [-0.05, 0) is 37.8 Å². The highest BCUT2D eigenvalue weighted by Gasteiger charge is 1.90. The van der Waals surface area contributed by atoms with Crippen LogP contribution in [0.2, 0.25) is 0 Å². The maximum absolute atomic E-state index is 10.3. The second-order valence-electron chi connectivity index (χ2n) is 5.05. The summed E-state index contributed by atoms with van der Waals surface area (Å²) in [6.45, 7) is 3.50. The molecule has 0 aliphatic rings. The van der Waals surface area contributed by atoms with Gasteiger partial charge in [0, 0.05) is 6.42 Å². The van der Waals surface area contributed by atoms with Crippen LogP contribution in [0.1, 0.15) is 64.7 Å². The van der Waals surface area contributed by atoms with Crippen LogP contribution < -0.4 is 0 Å². The second kappa shape index (κ2) is 16.7. The monoisotopic (exact) mass is 294 g/mol. The molecule has 0 heterocycles. The fraction of sp³-hybridized carbons (Fsp3) is 0.667. The Kier molecular flexibility index (Phi) is 15.7. The third kappa shape index (κ3) is 18.7. The zero-order valence-electron chi connectivity index (χ0n) is 13.4. The number of carboxylic acid groups (broad SMARTS) is 1. The maximum Gasteiger partial charge on any atom is 0.303 e. The zero-order valence-corrected chi connectivity index (χ0v) is 13.4. The van der Waals surface area contributed by atoms with Crippen molar-refractivity contribution in [2.75, 3.05) is 13.2 Å². The van der Waals surface area contributed by atoms with Crippen molar-refractivity contribution in [2.45, 2.75) is 64.7 Å². The molecule has 0 unspecified atom stereocenters. The van der Waals surface area contributed by atoms with E-state index in [0.717, 1.165) is 13.0 Å². The number of hydrogen-bond acceptors (Lipinski definition) is 2. The molecule has 0 rings (SSSR count). The van der Waals surface area contributed by atoms with Crippen LogP contribution in [0.4, 0.5) is 0 Å². The third-order valence-corrected chi connectivity index (χ3v) is 3.01. The van der Waals surface area contributed by atoms with E-state index in [1.165, 1.54) is 38.5 Å². The average Bonchev–Trinajstić information content (AvgIpc) is 2.46. The maximum atomic E-state index is 10.3. The van der Waals surface area contributed by atoms with Crippen molar-refractivity contribution in [1.29, 1.82) is 0 Å². The fourth-order valence-electron chi connectivity index (χ4n) is 1.81. The van der Waals surface area contributed by atoms with E-state index in [0.29, 0.717) is 13.0 Å². The lowest BCUT2D eigenvalue weighted by atomic mass is 10.1. The lowest BCUT2D eigenvalue weighted by Gasteiger charge is -1.97. The van der Waals surface area contributed by atoms with Crippen molar-refractivity contribution in [3.8, 4) is 0 Å². The quantitative estimate of drug-likeness (QED) is 0.282. The molecule has 0 aromatic heterocycles. The van der Waals surface area contributed by atoms with Crippen LogP contribution in [0.5, 0.6) is 0 Å². The van der Waals surface area contributed by atoms with E-state index in [-0.39, 0.29) is 6.42 Å². The topological polar surface area (TPSA) is 46.5 Å². The molecule has 0 amide bonds. The first kappa shape index (κ1) is 19.7. The Labute approximate surface area is 129 Å². The van der Waals surface area contributed by atoms with Gasteiger partial charge in [0.05, 0.1) is 13.2 Å². The minimum atomic E-state index is -0.776. The molecule has 0 bridgehead atoms. The second-order valence-corrected chi connectivity index (χ2v) is 5.05. The highest BCUT2D eigenvalue weighted by Crippen LogP contribution is 2.05. The van der Waals surface area contributed by atoms with E-state index in [2.05, 4.69) is 24.8 Å². The van der Waals surface area contributed by atoms with Gasteiger partial charge in [0.25, 0.3) is 0 Å². The Morgan fingerprint density at radius 3 is 2.57 bits per heavy atom. The molecular formula is C18H30O3. The number of ether oxygens (including phenoxy) is 1. The minimum Gasteiger partial charge on any atom is -0.481 e. The summed E-state index contributed by atoms with van der Waals surface area (Å²) < 4.78 is 5.42. The van der Waals surface area contributed by atoms with Gasteiger partial charge in [-0.2, -0.15) is 0 Å². The molecule has 0 aromatic rings. The van der Waals surface area contributed by atoms with Crippen LogP contribution in [0.3, 0.4) is 0 Å². The Bertz CT molecular complexity index is 325. The molecule has 0 saturated carbocycles. The molecule has 3 heteroatoms. The number of unbranched alkanes of at least 4 members (excludes halogenated alkanes) is 5. The molecule has 0 aliphatic carbocycles. The molecule has 1 N–H and O–H groups in total. The van der Waals surface area contributed by atoms with Gasteiger partial charge in [-0.1, -0.05) is 44.8 Å². The van der Waals surface area contributed by atoms with Gasteiger partial charge >= 0.3 is 5.97 Å². The van der Waals surface area contributed by atoms with Gasteiger partial charge in [0.15, 0.2) is 0 Å². The summed E-state index contributed by atoms with van der Waals surface area (Å²) in [5.74, 6) is -0.776. The molecule has 0 radical (unpaired) electrons. The normalized spacial score (nSPS) is 10.5. The van der Waals surface area contributed by atoms with E-state index in [9.17, 15) is 4.79 Å². The van der Waals surface area contributed by atoms with E-state index in [1.54, 1.807) is 12.2 Å². The van der Waals surface area contributed by atoms with Crippen molar-refractivity contribution >= 4 is 5.97 Å². The number of carbonyl (C=O) groups is 1. The summed E-state index contributed by atoms with van der Waals surface area (Å²) in [5, 5.41) is 8.44. The lowest BCUT2D eigenvalue weighted by molar-refractivity contribution is -0.136. The van der Waals surface area contributed by atoms with E-state index >= 15 is 0 Å². The molecule has 0 saturated heterocycles. The molecule has 0 atom stereocenters. The number of allylic oxidation sites excluding steroid dienone is 1. The minimum absolute atomic E-state index is 0.158. The molecule has 0 aromatic carbocycles. The Morgan fingerprint density at radius 1 is 1.05 bits per heavy atom. The van der Waals surface area contributed by atoms with Crippen molar-refractivity contribution in [3.63, 3.8) is 0 Å². The number of aliphatic carboxylic acids is 1. The number of hydrogen-bond donors (Lipinski definition) is 1. The summed E-state index contributed by atoms with van der Waals surface area (Å²) in [5.41, 5.74) is 2.92. The van der Waals surface area contributed by atoms with Gasteiger partial charge in [-0.25, -0.2) is 0 Å². The number of carboxylic acids is 1. The molecule has 21 heavy (non-hydrogen) atoms. The van der Waals surface area contributed by atoms with Gasteiger partial charge in [-0.15, -0.1) is 5.73 Å². The largest absolute Gasteiger partial charge is 0.481 e. The van der Waals surface area contributed by atoms with Crippen LogP contribution in [-0.2, 0) is 9.53 Å². The predicted molar refractivity (Wildman–Crippen MR) is 87.5 cm³/mol. The van der Waals surface area contributed by atoms with Crippen LogP contribution in [0.25, 0.3) is 0 Å². The van der Waals surface area contributed by atoms with Crippen LogP contribution in [0.15, 0.2) is 30.0 Å². The van der Waals surface area contributed by atoms with Crippen LogP contribution >= 0.6 is 0 Å². The Balaban J connectivity index is 3.27. The summed E-state index contributed by atoms with van der Waals surface area (Å²) >= 11 is 0. The lowest BCUT2D eigenvalue weighted by Crippen LogP contribution is -1.92. The van der Waals surface area contributed by atoms with Gasteiger partial charge < -0.3 is 9.84 Å². The van der Waals surface area contributed by atoms with Crippen molar-refractivity contribution in [3.05, 3.63) is 30.0 Å². The highest BCUT2D eigenvalue weighted by atomic mass is 16.5. The van der Waals surface area contributed by atoms with Gasteiger partial charge in [0.1, 0.15) is 0 Å². The van der Waals surface area contributed by atoms with Gasteiger partial charge in [0.2, 0.25) is 0 Å². The smallest absolute Gasteiger partial charge is 0.303 e. The predicted octanol–water partition coefficient (Wildman–Crippen LogP) is 4.89. The molecule has 120 valence electrons. The van der Waals surface area contributed by atoms with E-state index in [4.69, 9.17) is 9.84 Å². The first-order valence-corrected chi connectivity index (χ1v) is 8.11. The fourth-order valence-corrected chi connectivity index (χ4v) is 1.81. The first-order valence-electron chi connectivity index (χ1n) is 8.11. The summed E-state index contributed by atoms with van der Waals surface area (Å²) in [7, 11) is 0. The molecule has 0 fully saturated rings. The van der Waals surface area contributed by atoms with Crippen molar-refractivity contribution < 1.29 is 14.6 Å². The number of rotatable bonds is 14. The van der Waals surface area contributed by atoms with E-state index in [1.807, 2.05) is 0 Å². The molecule has 0 spiro atoms. The van der Waals surface area contributed by atoms with E-state index < -0.39 is 5.97 Å². The molecule has 0 aliphatic heterocycles. The molecule has 3 nitrogen and oxygen atoms in total. The highest BCUT2D eigenvalue weighted by molar-refractivity contribution is 5.66. The third-order valence-electron chi connectivity index (χ3n) is 3.01. The van der Waals surface area contributed by atoms with Gasteiger partial charge in [-0.3, -0.25) is 4.79 Å². The van der Waals surface area contributed by atoms with Crippen molar-refractivity contribution in [2.24, 2.45) is 0 Å². The Morgan fingerprint density at radius 2 is 1.81 bits per heavy atom. The van der Waals surface area contributed by atoms with Crippen molar-refractivity contribution in [1.82, 2.24) is 0 Å². The Hall–Kier alpha value is -1.31. The standard InChI is InChI=1S/C18H30O3/c1-2-3-4-5-6-7-8-10-13-16-21-17-14-11-9-12-15-18(19)20/h8-10,14H,2-7,12-13,15-17H2,1H3,(H,19,20)/b10-8-. The summed E-state index contributed by atoms with van der Waals surface area (Å²) in [4.78, 5) is 10.3. The molecular weight excluding hydrogens is 264 g/mol. The van der Waals surface area contributed by atoms with Crippen LogP contribution in [0, 0.1) is 0 Å². The zero-order chi connectivity index (χ0) is 15.6. The van der Waals surface area contributed by atoms with Crippen LogP contribution in [-0.4, -0.2) is 24.3 Å². The summed E-state index contributed by atoms with van der Waals surface area (Å²) in [6, 6.07) is 0.